The number of esters is 1. The van der Waals surface area contributed by atoms with Crippen molar-refractivity contribution in [1.82, 2.24) is 4.57 Å². The molecule has 0 bridgehead atoms. The van der Waals surface area contributed by atoms with Crippen molar-refractivity contribution >= 4 is 39.3 Å². The van der Waals surface area contributed by atoms with E-state index in [1.54, 1.807) is 37.7 Å². The molecule has 6 rings (SSSR count). The standard InChI is InChI=1S/C35H33BrN2O8S/c1-6-42-34(40)30-20(4)37-35-38(31(30)23-9-7-8-10-25(23)46-19(2)3)33(39)29(47-35)16-22-13-24(36)32(28(15-22)41-5)43-17-21-11-12-26-27(14-21)45-18-44-26/h7-16,19,31H,6,17-18H2,1-5H3/b29-16+/t31-/m0/s1. The minimum absolute atomic E-state index is 0.125. The summed E-state index contributed by atoms with van der Waals surface area (Å²) in [4.78, 5) is 32.7. The Kier molecular flexibility index (Phi) is 9.42. The van der Waals surface area contributed by atoms with E-state index >= 15 is 0 Å². The number of rotatable bonds is 10. The first-order chi connectivity index (χ1) is 22.7. The lowest BCUT2D eigenvalue weighted by atomic mass is 9.95. The van der Waals surface area contributed by atoms with Crippen molar-refractivity contribution in [3.05, 3.63) is 107 Å². The fourth-order valence-electron chi connectivity index (χ4n) is 5.45. The van der Waals surface area contributed by atoms with Gasteiger partial charge >= 0.3 is 5.97 Å². The predicted octanol–water partition coefficient (Wildman–Crippen LogP) is 5.66. The highest BCUT2D eigenvalue weighted by atomic mass is 79.9. The topological polar surface area (TPSA) is 107 Å². The van der Waals surface area contributed by atoms with Gasteiger partial charge < -0.3 is 28.4 Å². The van der Waals surface area contributed by atoms with Gasteiger partial charge in [0.15, 0.2) is 27.8 Å². The summed E-state index contributed by atoms with van der Waals surface area (Å²) in [6, 6.07) is 15.9. The number of carbonyl (C=O) groups excluding carboxylic acids is 1. The molecule has 0 fully saturated rings. The Hall–Kier alpha value is -4.55. The van der Waals surface area contributed by atoms with Crippen LogP contribution in [0.15, 0.2) is 80.1 Å². The van der Waals surface area contributed by atoms with Crippen molar-refractivity contribution in [2.45, 2.75) is 46.4 Å². The normalized spacial score (nSPS) is 15.4. The number of thiazole rings is 1. The second kappa shape index (κ2) is 13.7. The van der Waals surface area contributed by atoms with Gasteiger partial charge in [-0.3, -0.25) is 9.36 Å². The summed E-state index contributed by atoms with van der Waals surface area (Å²) in [6.07, 6.45) is 1.65. The van der Waals surface area contributed by atoms with Crippen LogP contribution in [0, 0.1) is 0 Å². The molecule has 0 spiro atoms. The summed E-state index contributed by atoms with van der Waals surface area (Å²) in [5, 5.41) is 0. The van der Waals surface area contributed by atoms with Crippen molar-refractivity contribution < 1.29 is 33.2 Å². The second-order valence-electron chi connectivity index (χ2n) is 11.0. The van der Waals surface area contributed by atoms with Crippen molar-refractivity contribution in [2.24, 2.45) is 4.99 Å². The largest absolute Gasteiger partial charge is 0.493 e. The maximum atomic E-state index is 14.2. The summed E-state index contributed by atoms with van der Waals surface area (Å²) in [7, 11) is 1.56. The summed E-state index contributed by atoms with van der Waals surface area (Å²) in [5.74, 6) is 2.42. The Balaban J connectivity index is 1.40. The zero-order chi connectivity index (χ0) is 33.2. The van der Waals surface area contributed by atoms with E-state index in [-0.39, 0.29) is 31.7 Å². The van der Waals surface area contributed by atoms with Crippen molar-refractivity contribution in [3.63, 3.8) is 0 Å². The molecular weight excluding hydrogens is 688 g/mol. The van der Waals surface area contributed by atoms with Gasteiger partial charge in [0, 0.05) is 5.56 Å². The number of nitrogens with zero attached hydrogens (tertiary/aromatic N) is 2. The highest BCUT2D eigenvalue weighted by Crippen LogP contribution is 2.39. The Labute approximate surface area is 283 Å². The number of halogens is 1. The molecule has 0 aliphatic carbocycles. The van der Waals surface area contributed by atoms with E-state index in [2.05, 4.69) is 20.9 Å². The third-order valence-electron chi connectivity index (χ3n) is 7.46. The smallest absolute Gasteiger partial charge is 0.338 e. The first-order valence-corrected chi connectivity index (χ1v) is 16.6. The predicted molar refractivity (Wildman–Crippen MR) is 180 cm³/mol. The van der Waals surface area contributed by atoms with E-state index in [4.69, 9.17) is 28.4 Å². The fraction of sp³-hybridized carbons (Fsp3) is 0.286. The van der Waals surface area contributed by atoms with Gasteiger partial charge in [0.2, 0.25) is 6.79 Å². The lowest BCUT2D eigenvalue weighted by Gasteiger charge is -2.26. The summed E-state index contributed by atoms with van der Waals surface area (Å²) in [6.45, 7) is 8.01. The molecule has 0 radical (unpaired) electrons. The van der Waals surface area contributed by atoms with Crippen LogP contribution in [0.1, 0.15) is 50.4 Å². The lowest BCUT2D eigenvalue weighted by molar-refractivity contribution is -0.139. The van der Waals surface area contributed by atoms with Crippen LogP contribution in [0.25, 0.3) is 6.08 Å². The van der Waals surface area contributed by atoms with E-state index in [9.17, 15) is 9.59 Å². The van der Waals surface area contributed by atoms with Gasteiger partial charge in [-0.25, -0.2) is 9.79 Å². The number of carbonyl (C=O) groups is 1. The second-order valence-corrected chi connectivity index (χ2v) is 12.9. The number of benzene rings is 3. The number of aromatic nitrogens is 1. The highest BCUT2D eigenvalue weighted by Gasteiger charge is 2.35. The van der Waals surface area contributed by atoms with Crippen LogP contribution in [0.5, 0.6) is 28.7 Å². The first-order valence-electron chi connectivity index (χ1n) is 15.0. The third kappa shape index (κ3) is 6.52. The van der Waals surface area contributed by atoms with Crippen LogP contribution < -0.4 is 38.6 Å². The van der Waals surface area contributed by atoms with Crippen LogP contribution in [-0.4, -0.2) is 37.1 Å². The van der Waals surface area contributed by atoms with Crippen LogP contribution in [-0.2, 0) is 16.1 Å². The molecule has 0 saturated heterocycles. The van der Waals surface area contributed by atoms with E-state index in [1.165, 1.54) is 11.3 Å². The fourth-order valence-corrected chi connectivity index (χ4v) is 7.08. The Bertz CT molecular complexity index is 2070. The number of hydrogen-bond acceptors (Lipinski definition) is 10. The van der Waals surface area contributed by atoms with Gasteiger partial charge in [0.1, 0.15) is 18.4 Å². The number of hydrogen-bond donors (Lipinski definition) is 0. The average Bonchev–Trinajstić information content (AvgIpc) is 3.63. The minimum atomic E-state index is -0.796. The molecule has 1 atom stereocenters. The average molecular weight is 722 g/mol. The lowest BCUT2D eigenvalue weighted by Crippen LogP contribution is -2.40. The molecule has 10 nitrogen and oxygen atoms in total. The SMILES string of the molecule is CCOC(=O)C1=C(C)N=c2s/c(=C/c3cc(Br)c(OCc4ccc5c(c4)OCO5)c(OC)c3)c(=O)n2[C@H]1c1ccccc1OC(C)C. The van der Waals surface area contributed by atoms with Crippen LogP contribution in [0.4, 0.5) is 0 Å². The summed E-state index contributed by atoms with van der Waals surface area (Å²) >= 11 is 4.86. The first kappa shape index (κ1) is 32.4. The molecule has 244 valence electrons. The number of fused-ring (bicyclic) bond motifs is 2. The maximum absolute atomic E-state index is 14.2. The van der Waals surface area contributed by atoms with E-state index in [0.29, 0.717) is 65.0 Å². The molecule has 0 saturated carbocycles. The van der Waals surface area contributed by atoms with Crippen molar-refractivity contribution in [1.29, 1.82) is 0 Å². The van der Waals surface area contributed by atoms with Crippen LogP contribution in [0.2, 0.25) is 0 Å². The quantitative estimate of drug-likeness (QED) is 0.193. The molecular formula is C35H33BrN2O8S. The highest BCUT2D eigenvalue weighted by molar-refractivity contribution is 9.10. The maximum Gasteiger partial charge on any atom is 0.338 e. The van der Waals surface area contributed by atoms with Crippen LogP contribution >= 0.6 is 27.3 Å². The summed E-state index contributed by atoms with van der Waals surface area (Å²) in [5.41, 5.74) is 2.75. The number of para-hydroxylation sites is 1. The number of allylic oxidation sites excluding steroid dienone is 1. The molecule has 47 heavy (non-hydrogen) atoms. The zero-order valence-corrected chi connectivity index (χ0v) is 28.9. The van der Waals surface area contributed by atoms with Gasteiger partial charge in [-0.1, -0.05) is 35.6 Å². The van der Waals surface area contributed by atoms with Gasteiger partial charge in [-0.15, -0.1) is 0 Å². The van der Waals surface area contributed by atoms with Gasteiger partial charge in [-0.2, -0.15) is 0 Å². The molecule has 4 aromatic rings. The van der Waals surface area contributed by atoms with Gasteiger partial charge in [0.25, 0.3) is 5.56 Å². The van der Waals surface area contributed by atoms with Crippen molar-refractivity contribution in [2.75, 3.05) is 20.5 Å². The molecule has 12 heteroatoms. The monoisotopic (exact) mass is 720 g/mol. The van der Waals surface area contributed by atoms with E-state index < -0.39 is 12.0 Å². The molecule has 0 N–H and O–H groups in total. The molecule has 3 aromatic carbocycles. The van der Waals surface area contributed by atoms with E-state index in [1.807, 2.05) is 62.4 Å². The third-order valence-corrected chi connectivity index (χ3v) is 9.03. The molecule has 3 heterocycles. The summed E-state index contributed by atoms with van der Waals surface area (Å²) < 4.78 is 36.9. The molecule has 0 unspecified atom stereocenters. The van der Waals surface area contributed by atoms with Crippen molar-refractivity contribution in [3.8, 4) is 28.7 Å². The Morgan fingerprint density at radius 3 is 2.68 bits per heavy atom. The van der Waals surface area contributed by atoms with E-state index in [0.717, 1.165) is 5.56 Å². The molecule has 1 aromatic heterocycles. The van der Waals surface area contributed by atoms with Gasteiger partial charge in [-0.05, 0) is 91.2 Å². The Morgan fingerprint density at radius 1 is 1.13 bits per heavy atom. The molecule has 0 amide bonds. The van der Waals surface area contributed by atoms with Gasteiger partial charge in [0.05, 0.1) is 40.1 Å². The zero-order valence-electron chi connectivity index (χ0n) is 26.5. The number of ether oxygens (including phenoxy) is 6. The number of methoxy groups -OCH3 is 1. The molecule has 2 aliphatic rings. The van der Waals surface area contributed by atoms with Crippen LogP contribution in [0.3, 0.4) is 0 Å². The Morgan fingerprint density at radius 2 is 1.91 bits per heavy atom. The molecule has 2 aliphatic heterocycles. The minimum Gasteiger partial charge on any atom is -0.493 e.